The second-order valence-corrected chi connectivity index (χ2v) is 5.82. The highest BCUT2D eigenvalue weighted by molar-refractivity contribution is 5.78. The molecule has 0 aromatic heterocycles. The summed E-state index contributed by atoms with van der Waals surface area (Å²) in [6.07, 6.45) is 1.94. The molecule has 0 spiro atoms. The number of rotatable bonds is 3. The topological polar surface area (TPSA) is 50.4 Å². The number of hydrogen-bond acceptors (Lipinski definition) is 3. The molecule has 0 aromatic carbocycles. The zero-order chi connectivity index (χ0) is 12.2. The Morgan fingerprint density at radius 2 is 1.88 bits per heavy atom. The molecule has 1 rings (SSSR count). The fourth-order valence-electron chi connectivity index (χ4n) is 1.75. The molecule has 94 valence electrons. The summed E-state index contributed by atoms with van der Waals surface area (Å²) in [6.45, 7) is 10.1. The largest absolute Gasteiger partial charge is 0.381 e. The van der Waals surface area contributed by atoms with E-state index in [4.69, 9.17) is 4.74 Å². The molecule has 2 N–H and O–H groups in total. The Bertz CT molecular complexity index is 240. The molecule has 0 aromatic rings. The minimum Gasteiger partial charge on any atom is -0.381 e. The summed E-state index contributed by atoms with van der Waals surface area (Å²) in [6, 6.07) is 0. The van der Waals surface area contributed by atoms with Crippen molar-refractivity contribution in [3.05, 3.63) is 0 Å². The SMILES string of the molecule is CC(C)(C)NC(=O)CNC1(C)CCOCC1. The Hall–Kier alpha value is -0.610. The van der Waals surface area contributed by atoms with Crippen LogP contribution in [0.15, 0.2) is 0 Å². The van der Waals surface area contributed by atoms with Crippen LogP contribution in [0.3, 0.4) is 0 Å². The predicted molar refractivity (Wildman–Crippen MR) is 64.4 cm³/mol. The van der Waals surface area contributed by atoms with E-state index in [1.807, 2.05) is 20.8 Å². The molecule has 1 aliphatic heterocycles. The molecule has 0 saturated carbocycles. The van der Waals surface area contributed by atoms with Gasteiger partial charge in [0.25, 0.3) is 0 Å². The van der Waals surface area contributed by atoms with Gasteiger partial charge in [0, 0.05) is 24.3 Å². The van der Waals surface area contributed by atoms with E-state index in [1.54, 1.807) is 0 Å². The van der Waals surface area contributed by atoms with Crippen LogP contribution in [-0.4, -0.2) is 36.7 Å². The quantitative estimate of drug-likeness (QED) is 0.759. The van der Waals surface area contributed by atoms with Crippen LogP contribution in [-0.2, 0) is 9.53 Å². The lowest BCUT2D eigenvalue weighted by molar-refractivity contribution is -0.122. The van der Waals surface area contributed by atoms with Gasteiger partial charge in [-0.2, -0.15) is 0 Å². The van der Waals surface area contributed by atoms with E-state index in [2.05, 4.69) is 17.6 Å². The third kappa shape index (κ3) is 4.94. The molecule has 1 fully saturated rings. The summed E-state index contributed by atoms with van der Waals surface area (Å²) in [4.78, 5) is 11.6. The van der Waals surface area contributed by atoms with Crippen LogP contribution < -0.4 is 10.6 Å². The van der Waals surface area contributed by atoms with Gasteiger partial charge in [0.1, 0.15) is 0 Å². The van der Waals surface area contributed by atoms with E-state index < -0.39 is 0 Å². The Labute approximate surface area is 98.1 Å². The smallest absolute Gasteiger partial charge is 0.234 e. The Kier molecular flexibility index (Phi) is 4.33. The zero-order valence-corrected chi connectivity index (χ0v) is 10.9. The molecule has 1 heterocycles. The van der Waals surface area contributed by atoms with Crippen molar-refractivity contribution in [1.82, 2.24) is 10.6 Å². The maximum atomic E-state index is 11.6. The molecule has 1 amide bonds. The van der Waals surface area contributed by atoms with Crippen LogP contribution in [0, 0.1) is 0 Å². The predicted octanol–water partition coefficient (Wildman–Crippen LogP) is 1.06. The number of ether oxygens (including phenoxy) is 1. The first kappa shape index (κ1) is 13.5. The highest BCUT2D eigenvalue weighted by Crippen LogP contribution is 2.19. The van der Waals surface area contributed by atoms with Crippen molar-refractivity contribution in [2.24, 2.45) is 0 Å². The molecule has 4 heteroatoms. The van der Waals surface area contributed by atoms with Gasteiger partial charge in [0.05, 0.1) is 6.54 Å². The molecular weight excluding hydrogens is 204 g/mol. The molecule has 0 atom stereocenters. The molecular formula is C12H24N2O2. The number of carbonyl (C=O) groups excluding carboxylic acids is 1. The number of hydrogen-bond donors (Lipinski definition) is 2. The van der Waals surface area contributed by atoms with Gasteiger partial charge in [0.15, 0.2) is 0 Å². The average Bonchev–Trinajstić information content (AvgIpc) is 2.14. The molecule has 0 aliphatic carbocycles. The fraction of sp³-hybridized carbons (Fsp3) is 0.917. The van der Waals surface area contributed by atoms with Crippen LogP contribution in [0.4, 0.5) is 0 Å². The van der Waals surface area contributed by atoms with Gasteiger partial charge >= 0.3 is 0 Å². The van der Waals surface area contributed by atoms with Crippen LogP contribution in [0.1, 0.15) is 40.5 Å². The minimum absolute atomic E-state index is 0.0491. The highest BCUT2D eigenvalue weighted by atomic mass is 16.5. The van der Waals surface area contributed by atoms with Gasteiger partial charge in [0.2, 0.25) is 5.91 Å². The van der Waals surface area contributed by atoms with Crippen molar-refractivity contribution < 1.29 is 9.53 Å². The van der Waals surface area contributed by atoms with Crippen molar-refractivity contribution in [2.75, 3.05) is 19.8 Å². The van der Waals surface area contributed by atoms with E-state index in [0.29, 0.717) is 6.54 Å². The fourth-order valence-corrected chi connectivity index (χ4v) is 1.75. The Balaban J connectivity index is 2.30. The van der Waals surface area contributed by atoms with Gasteiger partial charge in [-0.25, -0.2) is 0 Å². The zero-order valence-electron chi connectivity index (χ0n) is 10.9. The average molecular weight is 228 g/mol. The van der Waals surface area contributed by atoms with Crippen LogP contribution >= 0.6 is 0 Å². The Morgan fingerprint density at radius 3 is 2.38 bits per heavy atom. The lowest BCUT2D eigenvalue weighted by atomic mass is 9.92. The standard InChI is InChI=1S/C12H24N2O2/c1-11(2,3)14-10(15)9-13-12(4)5-7-16-8-6-12/h13H,5-9H2,1-4H3,(H,14,15). The van der Waals surface area contributed by atoms with E-state index in [0.717, 1.165) is 26.1 Å². The van der Waals surface area contributed by atoms with Crippen LogP contribution in [0.2, 0.25) is 0 Å². The van der Waals surface area contributed by atoms with Gasteiger partial charge in [-0.3, -0.25) is 4.79 Å². The second-order valence-electron chi connectivity index (χ2n) is 5.82. The monoisotopic (exact) mass is 228 g/mol. The van der Waals surface area contributed by atoms with Gasteiger partial charge in [-0.05, 0) is 40.5 Å². The van der Waals surface area contributed by atoms with Crippen molar-refractivity contribution >= 4 is 5.91 Å². The summed E-state index contributed by atoms with van der Waals surface area (Å²) >= 11 is 0. The summed E-state index contributed by atoms with van der Waals surface area (Å²) in [5, 5.41) is 6.27. The molecule has 16 heavy (non-hydrogen) atoms. The number of nitrogens with one attached hydrogen (secondary N) is 2. The van der Waals surface area contributed by atoms with Crippen molar-refractivity contribution in [1.29, 1.82) is 0 Å². The molecule has 4 nitrogen and oxygen atoms in total. The first-order valence-corrected chi connectivity index (χ1v) is 5.95. The maximum Gasteiger partial charge on any atom is 0.234 e. The minimum atomic E-state index is -0.157. The Morgan fingerprint density at radius 1 is 1.31 bits per heavy atom. The molecule has 1 aliphatic rings. The number of carbonyl (C=O) groups is 1. The molecule has 0 unspecified atom stereocenters. The lowest BCUT2D eigenvalue weighted by Gasteiger charge is -2.34. The van der Waals surface area contributed by atoms with Crippen molar-refractivity contribution in [3.63, 3.8) is 0 Å². The van der Waals surface area contributed by atoms with Crippen LogP contribution in [0.5, 0.6) is 0 Å². The highest BCUT2D eigenvalue weighted by Gasteiger charge is 2.27. The summed E-state index contributed by atoms with van der Waals surface area (Å²) in [5.74, 6) is 0.0558. The summed E-state index contributed by atoms with van der Waals surface area (Å²) in [7, 11) is 0. The molecule has 1 saturated heterocycles. The maximum absolute atomic E-state index is 11.6. The van der Waals surface area contributed by atoms with E-state index in [9.17, 15) is 4.79 Å². The van der Waals surface area contributed by atoms with E-state index in [1.165, 1.54) is 0 Å². The van der Waals surface area contributed by atoms with E-state index >= 15 is 0 Å². The third-order valence-electron chi connectivity index (χ3n) is 2.79. The van der Waals surface area contributed by atoms with Crippen molar-refractivity contribution in [3.8, 4) is 0 Å². The molecule has 0 bridgehead atoms. The van der Waals surface area contributed by atoms with Crippen molar-refractivity contribution in [2.45, 2.75) is 51.6 Å². The second kappa shape index (κ2) is 5.15. The summed E-state index contributed by atoms with van der Waals surface area (Å²) in [5.41, 5.74) is -0.108. The first-order chi connectivity index (χ1) is 7.31. The normalized spacial score (nSPS) is 20.5. The van der Waals surface area contributed by atoms with Gasteiger partial charge < -0.3 is 15.4 Å². The third-order valence-corrected chi connectivity index (χ3v) is 2.79. The van der Waals surface area contributed by atoms with E-state index in [-0.39, 0.29) is 17.0 Å². The van der Waals surface area contributed by atoms with Gasteiger partial charge in [-0.15, -0.1) is 0 Å². The number of amides is 1. The molecule has 0 radical (unpaired) electrons. The summed E-state index contributed by atoms with van der Waals surface area (Å²) < 4.78 is 5.31. The van der Waals surface area contributed by atoms with Gasteiger partial charge in [-0.1, -0.05) is 0 Å². The lowest BCUT2D eigenvalue weighted by Crippen LogP contribution is -2.52. The van der Waals surface area contributed by atoms with Crippen LogP contribution in [0.25, 0.3) is 0 Å². The first-order valence-electron chi connectivity index (χ1n) is 5.95.